The highest BCUT2D eigenvalue weighted by atomic mass is 16.5. The van der Waals surface area contributed by atoms with Crippen molar-refractivity contribution >= 4 is 10.9 Å². The van der Waals surface area contributed by atoms with Crippen LogP contribution in [0.5, 0.6) is 0 Å². The van der Waals surface area contributed by atoms with Gasteiger partial charge in [0.15, 0.2) is 0 Å². The minimum absolute atomic E-state index is 0.0673. The Balaban J connectivity index is 2.12. The molecule has 17 heavy (non-hydrogen) atoms. The Morgan fingerprint density at radius 3 is 2.76 bits per heavy atom. The van der Waals surface area contributed by atoms with E-state index in [0.717, 1.165) is 26.1 Å². The lowest BCUT2D eigenvalue weighted by atomic mass is 9.83. The van der Waals surface area contributed by atoms with Crippen LogP contribution in [-0.2, 0) is 10.3 Å². The van der Waals surface area contributed by atoms with Gasteiger partial charge in [0.05, 0.1) is 0 Å². The summed E-state index contributed by atoms with van der Waals surface area (Å²) >= 11 is 0. The molecule has 3 heteroatoms. The molecule has 0 atom stereocenters. The van der Waals surface area contributed by atoms with Crippen molar-refractivity contribution in [3.05, 3.63) is 36.0 Å². The maximum Gasteiger partial charge on any atom is 0.0497 e. The first-order chi connectivity index (χ1) is 8.36. The number of benzene rings is 1. The molecule has 0 saturated carbocycles. The second-order valence-corrected chi connectivity index (χ2v) is 4.69. The van der Waals surface area contributed by atoms with Gasteiger partial charge in [-0.3, -0.25) is 0 Å². The van der Waals surface area contributed by atoms with Crippen LogP contribution in [0.1, 0.15) is 18.4 Å². The van der Waals surface area contributed by atoms with Crippen LogP contribution in [-0.4, -0.2) is 25.2 Å². The molecule has 2 aromatic rings. The van der Waals surface area contributed by atoms with Gasteiger partial charge in [-0.2, -0.15) is 0 Å². The van der Waals surface area contributed by atoms with Gasteiger partial charge in [0.25, 0.3) is 0 Å². The summed E-state index contributed by atoms with van der Waals surface area (Å²) in [6, 6.07) is 8.48. The Kier molecular flexibility index (Phi) is 2.65. The summed E-state index contributed by atoms with van der Waals surface area (Å²) in [5.74, 6) is 0. The third-order valence-corrected chi connectivity index (χ3v) is 3.93. The van der Waals surface area contributed by atoms with Crippen LogP contribution in [0.3, 0.4) is 0 Å². The van der Waals surface area contributed by atoms with Crippen molar-refractivity contribution in [1.82, 2.24) is 10.3 Å². The average Bonchev–Trinajstić information content (AvgIpc) is 2.84. The molecule has 1 fully saturated rings. The molecule has 0 radical (unpaired) electrons. The highest BCUT2D eigenvalue weighted by Gasteiger charge is 2.34. The van der Waals surface area contributed by atoms with E-state index in [9.17, 15) is 0 Å². The Hall–Kier alpha value is -1.32. The van der Waals surface area contributed by atoms with Crippen LogP contribution in [0, 0.1) is 0 Å². The zero-order valence-corrected chi connectivity index (χ0v) is 10.1. The summed E-state index contributed by atoms with van der Waals surface area (Å²) < 4.78 is 5.49. The number of para-hydroxylation sites is 1. The third-order valence-electron chi connectivity index (χ3n) is 3.93. The van der Waals surface area contributed by atoms with Gasteiger partial charge in [0.2, 0.25) is 0 Å². The Morgan fingerprint density at radius 2 is 2.00 bits per heavy atom. The largest absolute Gasteiger partial charge is 0.381 e. The zero-order chi connectivity index (χ0) is 11.7. The maximum absolute atomic E-state index is 5.49. The Labute approximate surface area is 101 Å². The van der Waals surface area contributed by atoms with Gasteiger partial charge in [0, 0.05) is 35.9 Å². The van der Waals surface area contributed by atoms with Crippen molar-refractivity contribution in [2.75, 3.05) is 20.3 Å². The summed E-state index contributed by atoms with van der Waals surface area (Å²) in [4.78, 5) is 3.36. The van der Waals surface area contributed by atoms with Gasteiger partial charge in [-0.05, 0) is 31.5 Å². The number of ether oxygens (including phenoxy) is 1. The van der Waals surface area contributed by atoms with E-state index in [0.29, 0.717) is 0 Å². The number of fused-ring (bicyclic) bond motifs is 1. The molecule has 1 aliphatic rings. The molecule has 0 aliphatic carbocycles. The molecule has 90 valence electrons. The monoisotopic (exact) mass is 230 g/mol. The maximum atomic E-state index is 5.49. The number of aromatic nitrogens is 1. The molecule has 2 N–H and O–H groups in total. The van der Waals surface area contributed by atoms with Crippen LogP contribution in [0.2, 0.25) is 0 Å². The quantitative estimate of drug-likeness (QED) is 0.831. The second kappa shape index (κ2) is 4.17. The normalized spacial score (nSPS) is 19.6. The smallest absolute Gasteiger partial charge is 0.0497 e. The van der Waals surface area contributed by atoms with Gasteiger partial charge in [-0.1, -0.05) is 18.2 Å². The molecule has 1 aromatic carbocycles. The average molecular weight is 230 g/mol. The van der Waals surface area contributed by atoms with Gasteiger partial charge in [0.1, 0.15) is 0 Å². The van der Waals surface area contributed by atoms with Gasteiger partial charge < -0.3 is 15.0 Å². The molecule has 1 aromatic heterocycles. The second-order valence-electron chi connectivity index (χ2n) is 4.69. The number of aromatic amines is 1. The molecule has 0 amide bonds. The fourth-order valence-corrected chi connectivity index (χ4v) is 2.84. The van der Waals surface area contributed by atoms with Gasteiger partial charge in [-0.25, -0.2) is 0 Å². The molecular weight excluding hydrogens is 212 g/mol. The molecule has 1 aliphatic heterocycles. The Bertz CT molecular complexity index is 512. The summed E-state index contributed by atoms with van der Waals surface area (Å²) in [7, 11) is 2.05. The number of H-pyrrole nitrogens is 1. The topological polar surface area (TPSA) is 37.0 Å². The van der Waals surface area contributed by atoms with E-state index in [4.69, 9.17) is 4.74 Å². The van der Waals surface area contributed by atoms with E-state index < -0.39 is 0 Å². The number of hydrogen-bond acceptors (Lipinski definition) is 2. The number of rotatable bonds is 2. The molecule has 2 heterocycles. The van der Waals surface area contributed by atoms with Crippen LogP contribution in [0.25, 0.3) is 10.9 Å². The first kappa shape index (κ1) is 10.8. The van der Waals surface area contributed by atoms with Crippen LogP contribution < -0.4 is 5.32 Å². The molecule has 0 spiro atoms. The van der Waals surface area contributed by atoms with Crippen LogP contribution >= 0.6 is 0 Å². The summed E-state index contributed by atoms with van der Waals surface area (Å²) in [5, 5.41) is 4.83. The van der Waals surface area contributed by atoms with E-state index in [2.05, 4.69) is 40.8 Å². The molecule has 0 unspecified atom stereocenters. The fraction of sp³-hybridized carbons (Fsp3) is 0.429. The van der Waals surface area contributed by atoms with E-state index in [1.54, 1.807) is 0 Å². The number of hydrogen-bond donors (Lipinski definition) is 2. The van der Waals surface area contributed by atoms with E-state index >= 15 is 0 Å². The highest BCUT2D eigenvalue weighted by Crippen LogP contribution is 2.36. The number of nitrogens with one attached hydrogen (secondary N) is 2. The SMILES string of the molecule is CNC1(c2c[nH]c3ccccc23)CCOCC1. The third kappa shape index (κ3) is 1.66. The van der Waals surface area contributed by atoms with Crippen molar-refractivity contribution in [1.29, 1.82) is 0 Å². The molecule has 0 bridgehead atoms. The zero-order valence-electron chi connectivity index (χ0n) is 10.1. The Morgan fingerprint density at radius 1 is 1.24 bits per heavy atom. The lowest BCUT2D eigenvalue weighted by molar-refractivity contribution is 0.0404. The first-order valence-electron chi connectivity index (χ1n) is 6.19. The predicted molar refractivity (Wildman–Crippen MR) is 69.1 cm³/mol. The van der Waals surface area contributed by atoms with Crippen molar-refractivity contribution in [3.8, 4) is 0 Å². The fourth-order valence-electron chi connectivity index (χ4n) is 2.84. The standard InChI is InChI=1S/C14H18N2O/c1-15-14(6-8-17-9-7-14)12-10-16-13-5-3-2-4-11(12)13/h2-5,10,15-16H,6-9H2,1H3. The molecule has 1 saturated heterocycles. The molecule has 3 nitrogen and oxygen atoms in total. The minimum atomic E-state index is 0.0673. The minimum Gasteiger partial charge on any atom is -0.381 e. The van der Waals surface area contributed by atoms with Crippen molar-refractivity contribution < 1.29 is 4.74 Å². The van der Waals surface area contributed by atoms with Crippen molar-refractivity contribution in [2.45, 2.75) is 18.4 Å². The predicted octanol–water partition coefficient (Wildman–Crippen LogP) is 2.39. The highest BCUT2D eigenvalue weighted by molar-refractivity contribution is 5.84. The molecular formula is C14H18N2O. The van der Waals surface area contributed by atoms with E-state index in [1.807, 2.05) is 7.05 Å². The van der Waals surface area contributed by atoms with Crippen LogP contribution in [0.4, 0.5) is 0 Å². The lowest BCUT2D eigenvalue weighted by Gasteiger charge is -2.37. The van der Waals surface area contributed by atoms with Crippen molar-refractivity contribution in [2.24, 2.45) is 0 Å². The van der Waals surface area contributed by atoms with Gasteiger partial charge in [-0.15, -0.1) is 0 Å². The summed E-state index contributed by atoms with van der Waals surface area (Å²) in [6.45, 7) is 1.67. The van der Waals surface area contributed by atoms with E-state index in [1.165, 1.54) is 16.5 Å². The van der Waals surface area contributed by atoms with Gasteiger partial charge >= 0.3 is 0 Å². The van der Waals surface area contributed by atoms with Crippen molar-refractivity contribution in [3.63, 3.8) is 0 Å². The van der Waals surface area contributed by atoms with Crippen LogP contribution in [0.15, 0.2) is 30.5 Å². The summed E-state index contributed by atoms with van der Waals surface area (Å²) in [5.41, 5.74) is 2.65. The summed E-state index contributed by atoms with van der Waals surface area (Å²) in [6.07, 6.45) is 4.21. The molecule has 3 rings (SSSR count). The first-order valence-corrected chi connectivity index (χ1v) is 6.19. The van der Waals surface area contributed by atoms with E-state index in [-0.39, 0.29) is 5.54 Å². The lowest BCUT2D eigenvalue weighted by Crippen LogP contribution is -2.44.